The van der Waals surface area contributed by atoms with Crippen LogP contribution in [0.25, 0.3) is 0 Å². The van der Waals surface area contributed by atoms with E-state index in [1.54, 1.807) is 20.3 Å². The number of methoxy groups -OCH3 is 2. The zero-order valence-corrected chi connectivity index (χ0v) is 10.00. The van der Waals surface area contributed by atoms with Gasteiger partial charge in [0.05, 0.1) is 13.8 Å². The van der Waals surface area contributed by atoms with Gasteiger partial charge in [0.25, 0.3) is 0 Å². The summed E-state index contributed by atoms with van der Waals surface area (Å²) >= 11 is 0. The van der Waals surface area contributed by atoms with Gasteiger partial charge in [0.2, 0.25) is 0 Å². The summed E-state index contributed by atoms with van der Waals surface area (Å²) in [5, 5.41) is 0. The highest BCUT2D eigenvalue weighted by Gasteiger charge is 2.06. The normalized spacial score (nSPS) is 10.8. The van der Waals surface area contributed by atoms with Crippen molar-refractivity contribution in [3.05, 3.63) is 29.6 Å². The fraction of sp³-hybridized carbons (Fsp3) is 0.500. The van der Waals surface area contributed by atoms with E-state index in [1.165, 1.54) is 12.1 Å². The molecule has 0 aliphatic heterocycles. The van der Waals surface area contributed by atoms with Crippen LogP contribution in [0.1, 0.15) is 5.56 Å². The second-order valence-electron chi connectivity index (χ2n) is 3.70. The van der Waals surface area contributed by atoms with E-state index in [9.17, 15) is 4.39 Å². The Kier molecular flexibility index (Phi) is 5.22. The maximum absolute atomic E-state index is 13.1. The third-order valence-electron chi connectivity index (χ3n) is 2.35. The summed E-state index contributed by atoms with van der Waals surface area (Å²) < 4.78 is 23.2. The Labute approximate surface area is 95.8 Å². The molecule has 0 heterocycles. The number of benzene rings is 1. The molecule has 0 unspecified atom stereocenters. The van der Waals surface area contributed by atoms with E-state index in [0.29, 0.717) is 6.73 Å². The summed E-state index contributed by atoms with van der Waals surface area (Å²) in [6, 6.07) is 4.57. The number of nitrogens with zero attached hydrogens (tertiary/aromatic N) is 1. The Morgan fingerprint density at radius 2 is 2.06 bits per heavy atom. The number of rotatable bonds is 6. The minimum atomic E-state index is -0.231. The van der Waals surface area contributed by atoms with Gasteiger partial charge in [-0.15, -0.1) is 0 Å². The Morgan fingerprint density at radius 3 is 2.69 bits per heavy atom. The van der Waals surface area contributed by atoms with E-state index in [4.69, 9.17) is 9.47 Å². The molecule has 3 nitrogen and oxygen atoms in total. The lowest BCUT2D eigenvalue weighted by Gasteiger charge is -2.16. The van der Waals surface area contributed by atoms with Crippen molar-refractivity contribution in [2.45, 2.75) is 6.42 Å². The molecular weight excluding hydrogens is 209 g/mol. The van der Waals surface area contributed by atoms with Crippen molar-refractivity contribution in [1.29, 1.82) is 0 Å². The van der Waals surface area contributed by atoms with Crippen molar-refractivity contribution >= 4 is 0 Å². The zero-order valence-electron chi connectivity index (χ0n) is 10.00. The van der Waals surface area contributed by atoms with Crippen LogP contribution >= 0.6 is 0 Å². The molecule has 1 aromatic carbocycles. The van der Waals surface area contributed by atoms with Gasteiger partial charge in [-0.3, -0.25) is 4.90 Å². The Morgan fingerprint density at radius 1 is 1.31 bits per heavy atom. The molecule has 0 atom stereocenters. The van der Waals surface area contributed by atoms with Gasteiger partial charge in [0.15, 0.2) is 0 Å². The predicted molar refractivity (Wildman–Crippen MR) is 61.2 cm³/mol. The van der Waals surface area contributed by atoms with Gasteiger partial charge in [-0.1, -0.05) is 0 Å². The molecule has 0 radical (unpaired) electrons. The highest BCUT2D eigenvalue weighted by atomic mass is 19.1. The lowest BCUT2D eigenvalue weighted by molar-refractivity contribution is 0.0826. The van der Waals surface area contributed by atoms with Crippen LogP contribution in [0.4, 0.5) is 4.39 Å². The topological polar surface area (TPSA) is 21.7 Å². The molecule has 0 saturated heterocycles. The van der Waals surface area contributed by atoms with Crippen LogP contribution in [0.15, 0.2) is 18.2 Å². The Hall–Kier alpha value is -1.13. The van der Waals surface area contributed by atoms with Crippen molar-refractivity contribution in [3.8, 4) is 5.75 Å². The molecule has 0 aromatic heterocycles. The van der Waals surface area contributed by atoms with Gasteiger partial charge < -0.3 is 9.47 Å². The van der Waals surface area contributed by atoms with Crippen LogP contribution in [-0.4, -0.2) is 39.4 Å². The van der Waals surface area contributed by atoms with Crippen molar-refractivity contribution in [2.24, 2.45) is 0 Å². The number of hydrogen-bond donors (Lipinski definition) is 0. The van der Waals surface area contributed by atoms with E-state index in [0.717, 1.165) is 24.3 Å². The monoisotopic (exact) mass is 227 g/mol. The second-order valence-corrected chi connectivity index (χ2v) is 3.70. The highest BCUT2D eigenvalue weighted by molar-refractivity contribution is 5.34. The van der Waals surface area contributed by atoms with Crippen LogP contribution in [0.3, 0.4) is 0 Å². The number of likely N-dealkylation sites (N-methyl/N-ethyl adjacent to an activating group) is 1. The van der Waals surface area contributed by atoms with Crippen molar-refractivity contribution in [2.75, 3.05) is 34.5 Å². The first kappa shape index (κ1) is 12.9. The van der Waals surface area contributed by atoms with Crippen molar-refractivity contribution in [1.82, 2.24) is 4.90 Å². The molecule has 0 bridgehead atoms. The molecule has 16 heavy (non-hydrogen) atoms. The molecule has 0 aliphatic rings. The molecule has 0 fully saturated rings. The Balaban J connectivity index is 2.61. The summed E-state index contributed by atoms with van der Waals surface area (Å²) in [5.41, 5.74) is 0.880. The summed E-state index contributed by atoms with van der Waals surface area (Å²) in [6.45, 7) is 1.37. The van der Waals surface area contributed by atoms with Crippen LogP contribution in [-0.2, 0) is 11.2 Å². The average molecular weight is 227 g/mol. The van der Waals surface area contributed by atoms with Crippen molar-refractivity contribution < 1.29 is 13.9 Å². The third kappa shape index (κ3) is 3.79. The van der Waals surface area contributed by atoms with Gasteiger partial charge in [0.1, 0.15) is 11.6 Å². The summed E-state index contributed by atoms with van der Waals surface area (Å²) in [6.07, 6.45) is 0.737. The summed E-state index contributed by atoms with van der Waals surface area (Å²) in [7, 11) is 5.20. The van der Waals surface area contributed by atoms with Crippen molar-refractivity contribution in [3.63, 3.8) is 0 Å². The maximum Gasteiger partial charge on any atom is 0.123 e. The molecule has 0 saturated carbocycles. The molecule has 1 aromatic rings. The molecule has 1 rings (SSSR count). The molecule has 0 aliphatic carbocycles. The minimum absolute atomic E-state index is 0.231. The second kappa shape index (κ2) is 6.45. The number of halogens is 1. The van der Waals surface area contributed by atoms with Crippen LogP contribution in [0.5, 0.6) is 5.75 Å². The third-order valence-corrected chi connectivity index (χ3v) is 2.35. The first-order valence-corrected chi connectivity index (χ1v) is 5.17. The fourth-order valence-corrected chi connectivity index (χ4v) is 1.54. The number of hydrogen-bond acceptors (Lipinski definition) is 3. The molecule has 0 spiro atoms. The smallest absolute Gasteiger partial charge is 0.123 e. The van der Waals surface area contributed by atoms with Crippen LogP contribution in [0.2, 0.25) is 0 Å². The van der Waals surface area contributed by atoms with Crippen LogP contribution in [0, 0.1) is 5.82 Å². The molecular formula is C12H18FNO2. The maximum atomic E-state index is 13.1. The van der Waals surface area contributed by atoms with Gasteiger partial charge >= 0.3 is 0 Å². The lowest BCUT2D eigenvalue weighted by Crippen LogP contribution is -2.23. The molecule has 0 amide bonds. The summed E-state index contributed by atoms with van der Waals surface area (Å²) in [4.78, 5) is 2.02. The standard InChI is InChI=1S/C12H18FNO2/c1-14(9-15-2)7-6-10-8-11(13)4-5-12(10)16-3/h4-5,8H,6-7,9H2,1-3H3. The Bertz CT molecular complexity index is 331. The minimum Gasteiger partial charge on any atom is -0.496 e. The van der Waals surface area contributed by atoms with E-state index in [-0.39, 0.29) is 5.82 Å². The lowest BCUT2D eigenvalue weighted by atomic mass is 10.1. The predicted octanol–water partition coefficient (Wildman–Crippen LogP) is 1.91. The number of ether oxygens (including phenoxy) is 2. The largest absolute Gasteiger partial charge is 0.496 e. The van der Waals surface area contributed by atoms with E-state index in [1.807, 2.05) is 11.9 Å². The first-order valence-electron chi connectivity index (χ1n) is 5.17. The van der Waals surface area contributed by atoms with E-state index >= 15 is 0 Å². The van der Waals surface area contributed by atoms with Gasteiger partial charge in [0, 0.05) is 13.7 Å². The van der Waals surface area contributed by atoms with Gasteiger partial charge in [-0.2, -0.15) is 0 Å². The van der Waals surface area contributed by atoms with Crippen LogP contribution < -0.4 is 4.74 Å². The molecule has 4 heteroatoms. The quantitative estimate of drug-likeness (QED) is 0.693. The summed E-state index contributed by atoms with van der Waals surface area (Å²) in [5.74, 6) is 0.498. The fourth-order valence-electron chi connectivity index (χ4n) is 1.54. The first-order chi connectivity index (χ1) is 7.67. The van der Waals surface area contributed by atoms with E-state index < -0.39 is 0 Å². The SMILES string of the molecule is COCN(C)CCc1cc(F)ccc1OC. The molecule has 0 N–H and O–H groups in total. The van der Waals surface area contributed by atoms with Gasteiger partial charge in [-0.05, 0) is 37.2 Å². The zero-order chi connectivity index (χ0) is 12.0. The highest BCUT2D eigenvalue weighted by Crippen LogP contribution is 2.19. The molecule has 90 valence electrons. The van der Waals surface area contributed by atoms with Gasteiger partial charge in [-0.25, -0.2) is 4.39 Å². The average Bonchev–Trinajstić information content (AvgIpc) is 2.27. The van der Waals surface area contributed by atoms with E-state index in [2.05, 4.69) is 0 Å².